The minimum Gasteiger partial charge on any atom is -0.477 e. The van der Waals surface area contributed by atoms with E-state index in [0.29, 0.717) is 12.2 Å². The Bertz CT molecular complexity index is 676. The zero-order valence-corrected chi connectivity index (χ0v) is 11.0. The maximum atomic E-state index is 12.3. The number of hydrogen-bond donors (Lipinski definition) is 1. The highest BCUT2D eigenvalue weighted by Gasteiger charge is 2.17. The average molecular weight is 267 g/mol. The molecule has 20 heavy (non-hydrogen) atoms. The minimum absolute atomic E-state index is 0.0919. The van der Waals surface area contributed by atoms with Crippen LogP contribution in [0.2, 0.25) is 0 Å². The lowest BCUT2D eigenvalue weighted by Crippen LogP contribution is -2.09. The third kappa shape index (κ3) is 2.59. The minimum atomic E-state index is -0.261. The molecule has 0 aliphatic carbocycles. The van der Waals surface area contributed by atoms with Crippen LogP contribution in [0.3, 0.4) is 0 Å². The van der Waals surface area contributed by atoms with Gasteiger partial charge in [-0.1, -0.05) is 30.3 Å². The Morgan fingerprint density at radius 3 is 2.70 bits per heavy atom. The fraction of sp³-hybridized carbons (Fsp3) is 0.133. The van der Waals surface area contributed by atoms with Gasteiger partial charge in [-0.2, -0.15) is 5.26 Å². The van der Waals surface area contributed by atoms with E-state index in [9.17, 15) is 4.79 Å². The van der Waals surface area contributed by atoms with Crippen LogP contribution < -0.4 is 10.5 Å². The SMILES string of the molecule is CCOc1nc(C(=O)c2ccccc2)cc(N)c1C#N. The van der Waals surface area contributed by atoms with Gasteiger partial charge in [0.25, 0.3) is 0 Å². The van der Waals surface area contributed by atoms with E-state index in [1.165, 1.54) is 6.07 Å². The smallest absolute Gasteiger partial charge is 0.234 e. The standard InChI is InChI=1S/C15H13N3O2/c1-2-20-15-11(9-16)12(17)8-13(18-15)14(19)10-6-4-3-5-7-10/h3-8H,2H2,1H3,(H2,17,18). The number of hydrogen-bond acceptors (Lipinski definition) is 5. The van der Waals surface area contributed by atoms with E-state index in [-0.39, 0.29) is 28.6 Å². The molecule has 0 radical (unpaired) electrons. The second kappa shape index (κ2) is 5.85. The maximum Gasteiger partial charge on any atom is 0.234 e. The van der Waals surface area contributed by atoms with Crippen LogP contribution in [0.15, 0.2) is 36.4 Å². The third-order valence-corrected chi connectivity index (χ3v) is 2.68. The van der Waals surface area contributed by atoms with Crippen molar-refractivity contribution < 1.29 is 9.53 Å². The molecule has 0 fully saturated rings. The Morgan fingerprint density at radius 2 is 2.10 bits per heavy atom. The van der Waals surface area contributed by atoms with Crippen LogP contribution in [0.25, 0.3) is 0 Å². The molecular weight excluding hydrogens is 254 g/mol. The van der Waals surface area contributed by atoms with Crippen LogP contribution in [-0.4, -0.2) is 17.4 Å². The fourth-order valence-corrected chi connectivity index (χ4v) is 1.75. The number of nitrogen functional groups attached to an aromatic ring is 1. The molecule has 0 spiro atoms. The normalized spacial score (nSPS) is 9.80. The zero-order valence-electron chi connectivity index (χ0n) is 11.0. The summed E-state index contributed by atoms with van der Waals surface area (Å²) in [4.78, 5) is 16.4. The van der Waals surface area contributed by atoms with E-state index >= 15 is 0 Å². The maximum absolute atomic E-state index is 12.3. The molecule has 5 heteroatoms. The lowest BCUT2D eigenvalue weighted by atomic mass is 10.1. The third-order valence-electron chi connectivity index (χ3n) is 2.68. The van der Waals surface area contributed by atoms with Crippen molar-refractivity contribution in [3.8, 4) is 11.9 Å². The first kappa shape index (κ1) is 13.6. The van der Waals surface area contributed by atoms with Gasteiger partial charge in [-0.15, -0.1) is 0 Å². The Labute approximate surface area is 116 Å². The van der Waals surface area contributed by atoms with Gasteiger partial charge in [0.05, 0.1) is 12.3 Å². The molecule has 2 N–H and O–H groups in total. The van der Waals surface area contributed by atoms with E-state index in [1.807, 2.05) is 12.1 Å². The molecule has 0 bridgehead atoms. The summed E-state index contributed by atoms with van der Waals surface area (Å²) in [6.45, 7) is 2.11. The molecule has 0 saturated heterocycles. The van der Waals surface area contributed by atoms with Gasteiger partial charge in [-0.3, -0.25) is 4.79 Å². The first-order valence-electron chi connectivity index (χ1n) is 6.10. The van der Waals surface area contributed by atoms with Gasteiger partial charge in [-0.05, 0) is 13.0 Å². The van der Waals surface area contributed by atoms with Gasteiger partial charge in [0.15, 0.2) is 0 Å². The Balaban J connectivity index is 2.48. The Morgan fingerprint density at radius 1 is 1.40 bits per heavy atom. The highest BCUT2D eigenvalue weighted by Crippen LogP contribution is 2.23. The second-order valence-corrected chi connectivity index (χ2v) is 4.02. The van der Waals surface area contributed by atoms with Gasteiger partial charge >= 0.3 is 0 Å². The first-order valence-corrected chi connectivity index (χ1v) is 6.10. The summed E-state index contributed by atoms with van der Waals surface area (Å²) >= 11 is 0. The number of pyridine rings is 1. The number of benzene rings is 1. The molecular formula is C15H13N3O2. The van der Waals surface area contributed by atoms with Crippen LogP contribution in [0.1, 0.15) is 28.5 Å². The van der Waals surface area contributed by atoms with Crippen LogP contribution in [0.4, 0.5) is 5.69 Å². The molecule has 0 amide bonds. The molecule has 0 saturated carbocycles. The number of carbonyl (C=O) groups is 1. The van der Waals surface area contributed by atoms with Crippen molar-refractivity contribution in [1.29, 1.82) is 5.26 Å². The van der Waals surface area contributed by atoms with Gasteiger partial charge in [-0.25, -0.2) is 4.98 Å². The molecule has 0 unspecified atom stereocenters. The molecule has 5 nitrogen and oxygen atoms in total. The van der Waals surface area contributed by atoms with Crippen molar-refractivity contribution >= 4 is 11.5 Å². The molecule has 1 aromatic heterocycles. The molecule has 0 aliphatic heterocycles. The number of aromatic nitrogens is 1. The summed E-state index contributed by atoms with van der Waals surface area (Å²) < 4.78 is 5.27. The number of ether oxygens (including phenoxy) is 1. The number of ketones is 1. The number of carbonyl (C=O) groups excluding carboxylic acids is 1. The Kier molecular flexibility index (Phi) is 3.96. The molecule has 1 aromatic carbocycles. The average Bonchev–Trinajstić information content (AvgIpc) is 2.47. The van der Waals surface area contributed by atoms with Crippen LogP contribution in [-0.2, 0) is 0 Å². The lowest BCUT2D eigenvalue weighted by molar-refractivity contribution is 0.103. The number of nitriles is 1. The predicted molar refractivity (Wildman–Crippen MR) is 74.4 cm³/mol. The van der Waals surface area contributed by atoms with Crippen LogP contribution in [0, 0.1) is 11.3 Å². The van der Waals surface area contributed by atoms with Gasteiger partial charge in [0, 0.05) is 5.56 Å². The molecule has 100 valence electrons. The van der Waals surface area contributed by atoms with Crippen molar-refractivity contribution in [2.45, 2.75) is 6.92 Å². The monoisotopic (exact) mass is 267 g/mol. The summed E-state index contributed by atoms with van der Waals surface area (Å²) in [5.41, 5.74) is 6.79. The molecule has 0 aliphatic rings. The topological polar surface area (TPSA) is 89.0 Å². The Hall–Kier alpha value is -2.87. The lowest BCUT2D eigenvalue weighted by Gasteiger charge is -2.09. The van der Waals surface area contributed by atoms with Crippen molar-refractivity contribution in [2.24, 2.45) is 0 Å². The van der Waals surface area contributed by atoms with Crippen molar-refractivity contribution in [3.05, 3.63) is 53.2 Å². The molecule has 2 rings (SSSR count). The quantitative estimate of drug-likeness (QED) is 0.857. The number of anilines is 1. The van der Waals surface area contributed by atoms with Crippen molar-refractivity contribution in [2.75, 3.05) is 12.3 Å². The summed E-state index contributed by atoms with van der Waals surface area (Å²) in [6.07, 6.45) is 0. The molecule has 2 aromatic rings. The molecule has 0 atom stereocenters. The van der Waals surface area contributed by atoms with Gasteiger partial charge in [0.1, 0.15) is 17.3 Å². The summed E-state index contributed by atoms with van der Waals surface area (Å²) in [5, 5.41) is 9.04. The second-order valence-electron chi connectivity index (χ2n) is 4.02. The zero-order chi connectivity index (χ0) is 14.5. The summed E-state index contributed by atoms with van der Waals surface area (Å²) in [5.74, 6) is -0.169. The van der Waals surface area contributed by atoms with E-state index < -0.39 is 0 Å². The van der Waals surface area contributed by atoms with Crippen LogP contribution in [0.5, 0.6) is 5.88 Å². The highest BCUT2D eigenvalue weighted by molar-refractivity contribution is 6.08. The largest absolute Gasteiger partial charge is 0.477 e. The van der Waals surface area contributed by atoms with Gasteiger partial charge < -0.3 is 10.5 Å². The summed E-state index contributed by atoms with van der Waals surface area (Å²) in [7, 11) is 0. The molecule has 1 heterocycles. The summed E-state index contributed by atoms with van der Waals surface area (Å²) in [6, 6.07) is 12.1. The first-order chi connectivity index (χ1) is 9.67. The van der Waals surface area contributed by atoms with E-state index in [2.05, 4.69) is 4.98 Å². The number of nitrogens with two attached hydrogens (primary N) is 1. The highest BCUT2D eigenvalue weighted by atomic mass is 16.5. The van der Waals surface area contributed by atoms with Crippen molar-refractivity contribution in [1.82, 2.24) is 4.98 Å². The number of nitrogens with zero attached hydrogens (tertiary/aromatic N) is 2. The van der Waals surface area contributed by atoms with Crippen molar-refractivity contribution in [3.63, 3.8) is 0 Å². The van der Waals surface area contributed by atoms with E-state index in [0.717, 1.165) is 0 Å². The predicted octanol–water partition coefficient (Wildman–Crippen LogP) is 2.17. The van der Waals surface area contributed by atoms with Crippen LogP contribution >= 0.6 is 0 Å². The van der Waals surface area contributed by atoms with E-state index in [1.54, 1.807) is 31.2 Å². The fourth-order valence-electron chi connectivity index (χ4n) is 1.75. The van der Waals surface area contributed by atoms with Gasteiger partial charge in [0.2, 0.25) is 11.7 Å². The van der Waals surface area contributed by atoms with E-state index in [4.69, 9.17) is 15.7 Å². The number of rotatable bonds is 4.